The lowest BCUT2D eigenvalue weighted by atomic mass is 10.1. The van der Waals surface area contributed by atoms with Crippen LogP contribution in [0, 0.1) is 0 Å². The Kier molecular flexibility index (Phi) is 4.22. The lowest BCUT2D eigenvalue weighted by Gasteiger charge is -2.13. The van der Waals surface area contributed by atoms with Crippen LogP contribution >= 0.6 is 11.3 Å². The van der Waals surface area contributed by atoms with E-state index in [2.05, 4.69) is 10.3 Å². The number of fused-ring (bicyclic) bond motifs is 2. The molecule has 0 radical (unpaired) electrons. The number of rotatable bonds is 5. The van der Waals surface area contributed by atoms with Crippen molar-refractivity contribution in [3.05, 3.63) is 64.7 Å². The largest absolute Gasteiger partial charge is 0.350 e. The number of hydrogen-bond acceptors (Lipinski definition) is 5. The van der Waals surface area contributed by atoms with Crippen molar-refractivity contribution in [2.24, 2.45) is 0 Å². The van der Waals surface area contributed by atoms with Crippen LogP contribution in [-0.4, -0.2) is 34.2 Å². The van der Waals surface area contributed by atoms with Gasteiger partial charge in [-0.15, -0.1) is 11.3 Å². The molecule has 6 nitrogen and oxygen atoms in total. The van der Waals surface area contributed by atoms with Gasteiger partial charge in [-0.05, 0) is 24.3 Å². The number of nitrogens with zero attached hydrogens (tertiary/aromatic N) is 2. The van der Waals surface area contributed by atoms with Crippen molar-refractivity contribution < 1.29 is 14.4 Å². The van der Waals surface area contributed by atoms with E-state index in [0.29, 0.717) is 17.7 Å². The second kappa shape index (κ2) is 6.68. The highest BCUT2D eigenvalue weighted by Crippen LogP contribution is 2.23. The van der Waals surface area contributed by atoms with E-state index in [1.54, 1.807) is 24.3 Å². The fraction of sp³-hybridized carbons (Fsp3) is 0.158. The molecule has 130 valence electrons. The van der Waals surface area contributed by atoms with Crippen molar-refractivity contribution in [1.82, 2.24) is 15.2 Å². The molecule has 0 unspecified atom stereocenters. The molecule has 0 bridgehead atoms. The summed E-state index contributed by atoms with van der Waals surface area (Å²) in [7, 11) is 0. The van der Waals surface area contributed by atoms with E-state index in [1.165, 1.54) is 11.3 Å². The maximum atomic E-state index is 12.3. The molecule has 0 saturated heterocycles. The summed E-state index contributed by atoms with van der Waals surface area (Å²) in [6.07, 6.45) is 0.0658. The third-order valence-electron chi connectivity index (χ3n) is 4.22. The van der Waals surface area contributed by atoms with E-state index >= 15 is 0 Å². The van der Waals surface area contributed by atoms with Gasteiger partial charge in [-0.3, -0.25) is 19.3 Å². The molecule has 0 saturated carbocycles. The predicted octanol–water partition coefficient (Wildman–Crippen LogP) is 2.60. The van der Waals surface area contributed by atoms with Crippen LogP contribution in [0.15, 0.2) is 48.5 Å². The highest BCUT2D eigenvalue weighted by molar-refractivity contribution is 7.18. The predicted molar refractivity (Wildman–Crippen MR) is 97.9 cm³/mol. The molecule has 1 aliphatic heterocycles. The first-order valence-corrected chi connectivity index (χ1v) is 9.01. The van der Waals surface area contributed by atoms with Crippen LogP contribution in [0.25, 0.3) is 10.2 Å². The van der Waals surface area contributed by atoms with Gasteiger partial charge in [-0.25, -0.2) is 4.98 Å². The summed E-state index contributed by atoms with van der Waals surface area (Å²) in [5.41, 5.74) is 1.70. The minimum atomic E-state index is -0.343. The molecule has 0 spiro atoms. The Hall–Kier alpha value is -3.06. The molecular formula is C19H15N3O3S. The van der Waals surface area contributed by atoms with Gasteiger partial charge in [0.15, 0.2) is 0 Å². The number of benzene rings is 2. The van der Waals surface area contributed by atoms with Gasteiger partial charge < -0.3 is 5.32 Å². The molecule has 1 N–H and O–H groups in total. The number of amides is 3. The molecule has 1 aliphatic rings. The van der Waals surface area contributed by atoms with E-state index in [9.17, 15) is 14.4 Å². The molecule has 0 atom stereocenters. The Balaban J connectivity index is 1.33. The Morgan fingerprint density at radius 3 is 2.35 bits per heavy atom. The molecule has 1 aromatic heterocycles. The molecule has 0 aliphatic carbocycles. The van der Waals surface area contributed by atoms with Gasteiger partial charge in [0.05, 0.1) is 27.9 Å². The Bertz CT molecular complexity index is 960. The number of hydrogen-bond donors (Lipinski definition) is 1. The number of imide groups is 1. The number of para-hydroxylation sites is 1. The second-order valence-electron chi connectivity index (χ2n) is 5.91. The van der Waals surface area contributed by atoms with Crippen LogP contribution in [0.3, 0.4) is 0 Å². The topological polar surface area (TPSA) is 79.4 Å². The van der Waals surface area contributed by atoms with Crippen molar-refractivity contribution >= 4 is 39.3 Å². The van der Waals surface area contributed by atoms with Gasteiger partial charge in [0.25, 0.3) is 11.8 Å². The van der Waals surface area contributed by atoms with Crippen LogP contribution in [0.4, 0.5) is 0 Å². The summed E-state index contributed by atoms with van der Waals surface area (Å²) in [5.74, 6) is -0.907. The van der Waals surface area contributed by atoms with Gasteiger partial charge >= 0.3 is 0 Å². The zero-order valence-corrected chi connectivity index (χ0v) is 14.6. The van der Waals surface area contributed by atoms with Crippen LogP contribution in [0.1, 0.15) is 32.1 Å². The van der Waals surface area contributed by atoms with E-state index < -0.39 is 0 Å². The number of carbonyl (C=O) groups excluding carboxylic acids is 3. The fourth-order valence-electron chi connectivity index (χ4n) is 2.91. The minimum Gasteiger partial charge on any atom is -0.350 e. The van der Waals surface area contributed by atoms with Crippen molar-refractivity contribution in [1.29, 1.82) is 0 Å². The van der Waals surface area contributed by atoms with E-state index in [4.69, 9.17) is 0 Å². The standard InChI is InChI=1S/C19H15N3O3S/c23-16(20-11-17-21-14-7-3-4-8-15(14)26-17)9-10-22-18(24)12-5-1-2-6-13(12)19(22)25/h1-8H,9-11H2,(H,20,23). The summed E-state index contributed by atoms with van der Waals surface area (Å²) in [4.78, 5) is 42.2. The Labute approximate surface area is 153 Å². The first kappa shape index (κ1) is 16.4. The van der Waals surface area contributed by atoms with Crippen molar-refractivity contribution in [2.75, 3.05) is 6.54 Å². The number of nitrogens with one attached hydrogen (secondary N) is 1. The van der Waals surface area contributed by atoms with Gasteiger partial charge in [0.1, 0.15) is 5.01 Å². The highest BCUT2D eigenvalue weighted by atomic mass is 32.1. The summed E-state index contributed by atoms with van der Waals surface area (Å²) in [6, 6.07) is 14.5. The highest BCUT2D eigenvalue weighted by Gasteiger charge is 2.34. The molecule has 3 aromatic rings. The smallest absolute Gasteiger partial charge is 0.261 e. The second-order valence-corrected chi connectivity index (χ2v) is 7.02. The first-order chi connectivity index (χ1) is 12.6. The Morgan fingerprint density at radius 2 is 1.65 bits per heavy atom. The van der Waals surface area contributed by atoms with Crippen LogP contribution in [0.5, 0.6) is 0 Å². The molecule has 2 aromatic carbocycles. The maximum Gasteiger partial charge on any atom is 0.261 e. The summed E-state index contributed by atoms with van der Waals surface area (Å²) in [5, 5.41) is 3.61. The zero-order valence-electron chi connectivity index (χ0n) is 13.8. The van der Waals surface area contributed by atoms with Gasteiger partial charge in [-0.1, -0.05) is 24.3 Å². The summed E-state index contributed by atoms with van der Waals surface area (Å²) in [6.45, 7) is 0.401. The van der Waals surface area contributed by atoms with Gasteiger partial charge in [-0.2, -0.15) is 0 Å². The van der Waals surface area contributed by atoms with E-state index in [0.717, 1.165) is 20.1 Å². The average Bonchev–Trinajstić information content (AvgIpc) is 3.18. The third-order valence-corrected chi connectivity index (χ3v) is 5.25. The van der Waals surface area contributed by atoms with Crippen molar-refractivity contribution in [2.45, 2.75) is 13.0 Å². The molecule has 4 rings (SSSR count). The molecule has 0 fully saturated rings. The third kappa shape index (κ3) is 2.97. The van der Waals surface area contributed by atoms with Crippen LogP contribution < -0.4 is 5.32 Å². The lowest BCUT2D eigenvalue weighted by Crippen LogP contribution is -2.34. The minimum absolute atomic E-state index is 0.0658. The fourth-order valence-corrected chi connectivity index (χ4v) is 3.82. The quantitative estimate of drug-likeness (QED) is 0.705. The molecule has 7 heteroatoms. The molecule has 26 heavy (non-hydrogen) atoms. The SMILES string of the molecule is O=C(CCN1C(=O)c2ccccc2C1=O)NCc1nc2ccccc2s1. The number of aromatic nitrogens is 1. The van der Waals surface area contributed by atoms with Crippen molar-refractivity contribution in [3.63, 3.8) is 0 Å². The first-order valence-electron chi connectivity index (χ1n) is 8.20. The average molecular weight is 365 g/mol. The molecular weight excluding hydrogens is 350 g/mol. The zero-order chi connectivity index (χ0) is 18.1. The summed E-state index contributed by atoms with van der Waals surface area (Å²) < 4.78 is 1.07. The van der Waals surface area contributed by atoms with Gasteiger partial charge in [0, 0.05) is 13.0 Å². The number of carbonyl (C=O) groups is 3. The maximum absolute atomic E-state index is 12.3. The van der Waals surface area contributed by atoms with Crippen molar-refractivity contribution in [3.8, 4) is 0 Å². The number of thiazole rings is 1. The van der Waals surface area contributed by atoms with E-state index in [1.807, 2.05) is 24.3 Å². The Morgan fingerprint density at radius 1 is 1.00 bits per heavy atom. The monoisotopic (exact) mass is 365 g/mol. The lowest BCUT2D eigenvalue weighted by molar-refractivity contribution is -0.121. The normalized spacial score (nSPS) is 13.3. The van der Waals surface area contributed by atoms with Gasteiger partial charge in [0.2, 0.25) is 5.91 Å². The van der Waals surface area contributed by atoms with E-state index in [-0.39, 0.29) is 30.7 Å². The molecule has 3 amide bonds. The van der Waals surface area contributed by atoms with Crippen LogP contribution in [-0.2, 0) is 11.3 Å². The molecule has 2 heterocycles. The summed E-state index contributed by atoms with van der Waals surface area (Å²) >= 11 is 1.53. The van der Waals surface area contributed by atoms with Crippen LogP contribution in [0.2, 0.25) is 0 Å².